The van der Waals surface area contributed by atoms with Gasteiger partial charge in [-0.05, 0) is 25.8 Å². The second-order valence-corrected chi connectivity index (χ2v) is 7.84. The Morgan fingerprint density at radius 3 is 2.07 bits per heavy atom. The topological polar surface area (TPSA) is 72.8 Å². The highest BCUT2D eigenvalue weighted by Crippen LogP contribution is 2.19. The molecule has 1 aromatic rings. The number of benzene rings is 1. The predicted molar refractivity (Wildman–Crippen MR) is 107 cm³/mol. The van der Waals surface area contributed by atoms with Crippen molar-refractivity contribution in [2.45, 2.75) is 66.3 Å². The molecule has 0 aromatic heterocycles. The van der Waals surface area contributed by atoms with Crippen LogP contribution >= 0.6 is 0 Å². The number of hydrogen-bond acceptors (Lipinski definition) is 5. The molecule has 0 unspecified atom stereocenters. The summed E-state index contributed by atoms with van der Waals surface area (Å²) in [6.45, 7) is 11.3. The number of aliphatic hydroxyl groups is 1. The van der Waals surface area contributed by atoms with Gasteiger partial charge in [-0.1, -0.05) is 63.3 Å². The molecule has 0 amide bonds. The van der Waals surface area contributed by atoms with E-state index in [9.17, 15) is 14.7 Å². The minimum atomic E-state index is -0.957. The summed E-state index contributed by atoms with van der Waals surface area (Å²) >= 11 is 0. The fourth-order valence-corrected chi connectivity index (χ4v) is 1.98. The van der Waals surface area contributed by atoms with Gasteiger partial charge in [-0.3, -0.25) is 9.59 Å². The average Bonchev–Trinajstić information content (AvgIpc) is 2.59. The first kappa shape index (κ1) is 25.0. The number of Topliss-reactive ketones (excluding diaryl/α,β-unsaturated/α-hetero) is 1. The summed E-state index contributed by atoms with van der Waals surface area (Å²) in [4.78, 5) is 21.5. The van der Waals surface area contributed by atoms with Crippen molar-refractivity contribution in [2.24, 2.45) is 5.41 Å². The van der Waals surface area contributed by atoms with Crippen LogP contribution in [0.4, 0.5) is 0 Å². The van der Waals surface area contributed by atoms with Gasteiger partial charge in [-0.25, -0.2) is 0 Å². The molecule has 0 saturated heterocycles. The summed E-state index contributed by atoms with van der Waals surface area (Å²) in [5.74, 6) is -0.384. The third kappa shape index (κ3) is 12.1. The number of esters is 1. The Balaban J connectivity index is 0.00000119. The smallest absolute Gasteiger partial charge is 0.302 e. The van der Waals surface area contributed by atoms with E-state index in [1.807, 2.05) is 77.1 Å². The summed E-state index contributed by atoms with van der Waals surface area (Å²) < 4.78 is 9.98. The van der Waals surface area contributed by atoms with Crippen molar-refractivity contribution in [3.05, 3.63) is 48.0 Å². The quantitative estimate of drug-likeness (QED) is 0.572. The molecule has 1 aromatic carbocycles. The molecule has 5 heteroatoms. The van der Waals surface area contributed by atoms with E-state index in [1.54, 1.807) is 0 Å². The van der Waals surface area contributed by atoms with Gasteiger partial charge in [-0.15, -0.1) is 0 Å². The first-order chi connectivity index (χ1) is 12.4. The van der Waals surface area contributed by atoms with Gasteiger partial charge >= 0.3 is 5.97 Å². The number of hydrogen-bond donors (Lipinski definition) is 1. The van der Waals surface area contributed by atoms with Gasteiger partial charge in [0.2, 0.25) is 0 Å². The van der Waals surface area contributed by atoms with Crippen LogP contribution in [0, 0.1) is 5.41 Å². The van der Waals surface area contributed by atoms with Gasteiger partial charge in [0, 0.05) is 12.3 Å². The number of rotatable bonds is 7. The molecule has 1 atom stereocenters. The molecule has 0 saturated carbocycles. The minimum absolute atomic E-state index is 0.139. The van der Waals surface area contributed by atoms with Gasteiger partial charge in [0.1, 0.15) is 6.10 Å². The molecule has 152 valence electrons. The van der Waals surface area contributed by atoms with E-state index >= 15 is 0 Å². The first-order valence-electron chi connectivity index (χ1n) is 9.01. The van der Waals surface area contributed by atoms with Crippen molar-refractivity contribution in [1.29, 1.82) is 0 Å². The lowest BCUT2D eigenvalue weighted by Gasteiger charge is -2.22. The Kier molecular flexibility index (Phi) is 10.8. The maximum absolute atomic E-state index is 11.9. The van der Waals surface area contributed by atoms with Crippen LogP contribution in [0.5, 0.6) is 0 Å². The third-order valence-electron chi connectivity index (χ3n) is 3.66. The van der Waals surface area contributed by atoms with Crippen molar-refractivity contribution in [3.63, 3.8) is 0 Å². The van der Waals surface area contributed by atoms with Crippen molar-refractivity contribution in [1.82, 2.24) is 0 Å². The largest absolute Gasteiger partial charge is 0.469 e. The van der Waals surface area contributed by atoms with Gasteiger partial charge in [0.15, 0.2) is 5.78 Å². The second kappa shape index (κ2) is 11.7. The monoisotopic (exact) mass is 378 g/mol. The summed E-state index contributed by atoms with van der Waals surface area (Å²) in [5.41, 5.74) is 0.152. The molecule has 0 heterocycles. The van der Waals surface area contributed by atoms with Crippen molar-refractivity contribution in [3.8, 4) is 0 Å². The maximum Gasteiger partial charge on any atom is 0.302 e. The normalized spacial score (nSPS) is 12.9. The van der Waals surface area contributed by atoms with Crippen molar-refractivity contribution < 1.29 is 24.2 Å². The molecule has 27 heavy (non-hydrogen) atoms. The van der Waals surface area contributed by atoms with E-state index < -0.39 is 17.1 Å². The van der Waals surface area contributed by atoms with Crippen LogP contribution in [-0.2, 0) is 25.7 Å². The standard InChI is InChI=1S/C19H28O3.C3H6O2/c1-18(2,3)17(21)16(20)12-9-13-19(4,5)22-14-15-10-7-6-8-11-15;1-3(4)5-2/h6-11,13,16,20H,12,14H2,1-5H3;1-2H3/b13-9+;/t16-;/m0./s1. The molecule has 0 bridgehead atoms. The highest BCUT2D eigenvalue weighted by atomic mass is 16.5. The van der Waals surface area contributed by atoms with Crippen LogP contribution < -0.4 is 0 Å². The van der Waals surface area contributed by atoms with E-state index in [0.29, 0.717) is 13.0 Å². The number of methoxy groups -OCH3 is 1. The number of ketones is 1. The Hall–Kier alpha value is -1.98. The lowest BCUT2D eigenvalue weighted by atomic mass is 9.86. The first-order valence-corrected chi connectivity index (χ1v) is 9.01. The third-order valence-corrected chi connectivity index (χ3v) is 3.66. The van der Waals surface area contributed by atoms with Crippen molar-refractivity contribution in [2.75, 3.05) is 7.11 Å². The Morgan fingerprint density at radius 1 is 1.11 bits per heavy atom. The SMILES string of the molecule is CC(C)(/C=C/C[C@H](O)C(=O)C(C)(C)C)OCc1ccccc1.COC(C)=O. The molecule has 0 aliphatic carbocycles. The fourth-order valence-electron chi connectivity index (χ4n) is 1.98. The molecule has 0 spiro atoms. The summed E-state index contributed by atoms with van der Waals surface area (Å²) in [6, 6.07) is 9.98. The van der Waals surface area contributed by atoms with Gasteiger partial charge in [0.25, 0.3) is 0 Å². The minimum Gasteiger partial charge on any atom is -0.469 e. The summed E-state index contributed by atoms with van der Waals surface area (Å²) in [7, 11) is 1.35. The van der Waals surface area contributed by atoms with Crippen LogP contribution in [0.3, 0.4) is 0 Å². The van der Waals surface area contributed by atoms with Gasteiger partial charge < -0.3 is 14.6 Å². The van der Waals surface area contributed by atoms with Crippen LogP contribution in [0.2, 0.25) is 0 Å². The molecular weight excluding hydrogens is 344 g/mol. The van der Waals surface area contributed by atoms with E-state index in [-0.39, 0.29) is 11.8 Å². The number of carbonyl (C=O) groups is 2. The number of carbonyl (C=O) groups excluding carboxylic acids is 2. The van der Waals surface area contributed by atoms with E-state index in [2.05, 4.69) is 4.74 Å². The van der Waals surface area contributed by atoms with Gasteiger partial charge in [0.05, 0.1) is 19.3 Å². The number of aliphatic hydroxyl groups excluding tert-OH is 1. The van der Waals surface area contributed by atoms with Crippen LogP contribution in [0.1, 0.15) is 53.5 Å². The molecule has 0 fully saturated rings. The Bertz CT molecular complexity index is 597. The summed E-state index contributed by atoms with van der Waals surface area (Å²) in [5, 5.41) is 9.92. The molecule has 5 nitrogen and oxygen atoms in total. The number of ether oxygens (including phenoxy) is 2. The Morgan fingerprint density at radius 2 is 1.63 bits per heavy atom. The molecular formula is C22H34O5. The summed E-state index contributed by atoms with van der Waals surface area (Å²) in [6.07, 6.45) is 3.07. The van der Waals surface area contributed by atoms with Gasteiger partial charge in [-0.2, -0.15) is 0 Å². The zero-order valence-corrected chi connectivity index (χ0v) is 17.6. The lowest BCUT2D eigenvalue weighted by molar-refractivity contribution is -0.138. The van der Waals surface area contributed by atoms with E-state index in [0.717, 1.165) is 5.56 Å². The molecule has 0 radical (unpaired) electrons. The highest BCUT2D eigenvalue weighted by molar-refractivity contribution is 5.87. The van der Waals surface area contributed by atoms with Crippen LogP contribution in [0.25, 0.3) is 0 Å². The molecule has 0 aliphatic rings. The fraction of sp³-hybridized carbons (Fsp3) is 0.545. The molecule has 1 N–H and O–H groups in total. The highest BCUT2D eigenvalue weighted by Gasteiger charge is 2.27. The average molecular weight is 379 g/mol. The second-order valence-electron chi connectivity index (χ2n) is 7.84. The lowest BCUT2D eigenvalue weighted by Crippen LogP contribution is -2.32. The Labute approximate surface area is 163 Å². The van der Waals surface area contributed by atoms with Crippen LogP contribution in [0.15, 0.2) is 42.5 Å². The van der Waals surface area contributed by atoms with E-state index in [1.165, 1.54) is 14.0 Å². The predicted octanol–water partition coefficient (Wildman–Crippen LogP) is 4.08. The maximum atomic E-state index is 11.9. The van der Waals surface area contributed by atoms with E-state index in [4.69, 9.17) is 4.74 Å². The molecule has 0 aliphatic heterocycles. The van der Waals surface area contributed by atoms with Crippen molar-refractivity contribution >= 4 is 11.8 Å². The molecule has 1 rings (SSSR count). The zero-order valence-electron chi connectivity index (χ0n) is 17.6. The van der Waals surface area contributed by atoms with Crippen LogP contribution in [-0.4, -0.2) is 35.7 Å². The zero-order chi connectivity index (χ0) is 21.1.